The first kappa shape index (κ1) is 19.5. The van der Waals surface area contributed by atoms with E-state index in [-0.39, 0.29) is 11.1 Å². The number of carbonyl (C=O) groups excluding carboxylic acids is 1. The number of nitrogens with zero attached hydrogens (tertiary/aromatic N) is 2. The van der Waals surface area contributed by atoms with E-state index >= 15 is 0 Å². The van der Waals surface area contributed by atoms with Gasteiger partial charge in [-0.1, -0.05) is 30.3 Å². The van der Waals surface area contributed by atoms with Crippen molar-refractivity contribution in [3.8, 4) is 0 Å². The van der Waals surface area contributed by atoms with Gasteiger partial charge in [0.1, 0.15) is 6.61 Å². The molecule has 0 bridgehead atoms. The van der Waals surface area contributed by atoms with Gasteiger partial charge in [-0.05, 0) is 30.7 Å². The second-order valence-electron chi connectivity index (χ2n) is 6.23. The fourth-order valence-electron chi connectivity index (χ4n) is 2.94. The van der Waals surface area contributed by atoms with E-state index in [4.69, 9.17) is 10.1 Å². The smallest absolute Gasteiger partial charge is 0.406 e. The van der Waals surface area contributed by atoms with E-state index in [1.807, 2.05) is 0 Å². The summed E-state index contributed by atoms with van der Waals surface area (Å²) in [7, 11) is 0. The summed E-state index contributed by atoms with van der Waals surface area (Å²) in [6, 6.07) is 11.4. The minimum Gasteiger partial charge on any atom is -0.460 e. The molecule has 0 fully saturated rings. The van der Waals surface area contributed by atoms with Gasteiger partial charge in [0.05, 0.1) is 16.6 Å². The van der Waals surface area contributed by atoms with E-state index in [1.165, 1.54) is 54.9 Å². The molecular weight excluding hydrogens is 371 g/mol. The SMILES string of the molecule is CC(=N)[C@@](COC(=O)c1ccc2nccnc2c1)(c1ccccc1)C(F)(F)F. The topological polar surface area (TPSA) is 75.9 Å². The van der Waals surface area contributed by atoms with Crippen molar-refractivity contribution in [1.29, 1.82) is 5.41 Å². The standard InChI is InChI=1S/C20H16F3N3O2/c1-13(24)19(20(21,22)23,15-5-3-2-4-6-15)12-28-18(27)14-7-8-16-17(11-14)26-10-9-25-16/h2-11,24H,12H2,1H3/t19-/m0/s1. The molecule has 1 atom stereocenters. The Morgan fingerprint density at radius 2 is 1.68 bits per heavy atom. The molecule has 28 heavy (non-hydrogen) atoms. The fraction of sp³-hybridized carbons (Fsp3) is 0.200. The van der Waals surface area contributed by atoms with E-state index in [9.17, 15) is 18.0 Å². The van der Waals surface area contributed by atoms with Crippen molar-refractivity contribution in [1.82, 2.24) is 9.97 Å². The Hall–Kier alpha value is -3.29. The molecule has 3 rings (SSSR count). The van der Waals surface area contributed by atoms with Gasteiger partial charge in [-0.25, -0.2) is 4.79 Å². The maximum atomic E-state index is 14.0. The summed E-state index contributed by atoms with van der Waals surface area (Å²) in [5, 5.41) is 7.82. The van der Waals surface area contributed by atoms with Crippen LogP contribution in [-0.2, 0) is 10.2 Å². The lowest BCUT2D eigenvalue weighted by Crippen LogP contribution is -2.52. The second kappa shape index (κ2) is 7.38. The number of hydrogen-bond acceptors (Lipinski definition) is 5. The normalized spacial score (nSPS) is 13.7. The summed E-state index contributed by atoms with van der Waals surface area (Å²) in [5.41, 5.74) is -2.52. The summed E-state index contributed by atoms with van der Waals surface area (Å²) in [6.45, 7) is 0.0210. The van der Waals surface area contributed by atoms with Crippen molar-refractivity contribution in [2.75, 3.05) is 6.61 Å². The number of halogens is 3. The van der Waals surface area contributed by atoms with E-state index in [0.29, 0.717) is 11.0 Å². The molecule has 0 aliphatic rings. The van der Waals surface area contributed by atoms with Crippen LogP contribution in [0.1, 0.15) is 22.8 Å². The van der Waals surface area contributed by atoms with Crippen LogP contribution in [0.4, 0.5) is 13.2 Å². The highest BCUT2D eigenvalue weighted by molar-refractivity contribution is 5.95. The molecule has 0 amide bonds. The predicted molar refractivity (Wildman–Crippen MR) is 97.4 cm³/mol. The van der Waals surface area contributed by atoms with E-state index in [0.717, 1.165) is 6.92 Å². The number of benzene rings is 2. The van der Waals surface area contributed by atoms with Crippen LogP contribution < -0.4 is 0 Å². The van der Waals surface area contributed by atoms with E-state index in [2.05, 4.69) is 9.97 Å². The number of nitrogens with one attached hydrogen (secondary N) is 1. The molecule has 1 heterocycles. The molecule has 1 aromatic heterocycles. The van der Waals surface area contributed by atoms with Crippen LogP contribution in [0.3, 0.4) is 0 Å². The maximum absolute atomic E-state index is 14.0. The van der Waals surface area contributed by atoms with Gasteiger partial charge in [0.2, 0.25) is 0 Å². The minimum absolute atomic E-state index is 0.0553. The van der Waals surface area contributed by atoms with Gasteiger partial charge in [0, 0.05) is 18.1 Å². The molecule has 5 nitrogen and oxygen atoms in total. The Kier molecular flexibility index (Phi) is 5.13. The highest BCUT2D eigenvalue weighted by atomic mass is 19.4. The molecule has 0 saturated heterocycles. The first-order valence-electron chi connectivity index (χ1n) is 8.31. The van der Waals surface area contributed by atoms with Crippen LogP contribution in [0.25, 0.3) is 11.0 Å². The number of alkyl halides is 3. The van der Waals surface area contributed by atoms with Crippen LogP contribution in [0, 0.1) is 5.41 Å². The maximum Gasteiger partial charge on any atom is 0.406 e. The van der Waals surface area contributed by atoms with Crippen LogP contribution in [-0.4, -0.2) is 34.4 Å². The molecule has 2 aromatic carbocycles. The van der Waals surface area contributed by atoms with Crippen LogP contribution >= 0.6 is 0 Å². The monoisotopic (exact) mass is 387 g/mol. The average molecular weight is 387 g/mol. The van der Waals surface area contributed by atoms with Crippen molar-refractivity contribution in [2.24, 2.45) is 0 Å². The van der Waals surface area contributed by atoms with Crippen molar-refractivity contribution < 1.29 is 22.7 Å². The van der Waals surface area contributed by atoms with Crippen LogP contribution in [0.15, 0.2) is 60.9 Å². The third-order valence-electron chi connectivity index (χ3n) is 4.52. The van der Waals surface area contributed by atoms with Gasteiger partial charge in [-0.15, -0.1) is 0 Å². The fourth-order valence-corrected chi connectivity index (χ4v) is 2.94. The third kappa shape index (κ3) is 3.45. The molecule has 0 spiro atoms. The number of fused-ring (bicyclic) bond motifs is 1. The van der Waals surface area contributed by atoms with Gasteiger partial charge in [-0.3, -0.25) is 9.97 Å². The quantitative estimate of drug-likeness (QED) is 0.522. The van der Waals surface area contributed by atoms with E-state index in [1.54, 1.807) is 6.07 Å². The van der Waals surface area contributed by atoms with Crippen molar-refractivity contribution in [2.45, 2.75) is 18.5 Å². The molecule has 1 N–H and O–H groups in total. The lowest BCUT2D eigenvalue weighted by Gasteiger charge is -2.35. The molecule has 0 unspecified atom stereocenters. The number of rotatable bonds is 5. The Morgan fingerprint density at radius 3 is 2.29 bits per heavy atom. The zero-order valence-electron chi connectivity index (χ0n) is 14.8. The molecule has 0 saturated carbocycles. The van der Waals surface area contributed by atoms with Gasteiger partial charge in [0.15, 0.2) is 5.41 Å². The Bertz CT molecular complexity index is 1020. The summed E-state index contributed by atoms with van der Waals surface area (Å²) < 4.78 is 47.1. The zero-order chi connectivity index (χ0) is 20.4. The van der Waals surface area contributed by atoms with E-state index < -0.39 is 29.9 Å². The Morgan fingerprint density at radius 1 is 1.04 bits per heavy atom. The summed E-state index contributed by atoms with van der Waals surface area (Å²) in [5.74, 6) is -0.932. The number of hydrogen-bond donors (Lipinski definition) is 1. The minimum atomic E-state index is -4.82. The Labute approximate surface area is 158 Å². The predicted octanol–water partition coefficient (Wildman–Crippen LogP) is 4.33. The summed E-state index contributed by atoms with van der Waals surface area (Å²) in [4.78, 5) is 20.5. The number of aromatic nitrogens is 2. The van der Waals surface area contributed by atoms with Gasteiger partial charge < -0.3 is 10.1 Å². The summed E-state index contributed by atoms with van der Waals surface area (Å²) in [6.07, 6.45) is -1.89. The van der Waals surface area contributed by atoms with Crippen LogP contribution in [0.5, 0.6) is 0 Å². The van der Waals surface area contributed by atoms with Crippen molar-refractivity contribution in [3.63, 3.8) is 0 Å². The number of carbonyl (C=O) groups is 1. The van der Waals surface area contributed by atoms with Crippen LogP contribution in [0.2, 0.25) is 0 Å². The lowest BCUT2D eigenvalue weighted by atomic mass is 9.76. The largest absolute Gasteiger partial charge is 0.460 e. The second-order valence-corrected chi connectivity index (χ2v) is 6.23. The third-order valence-corrected chi connectivity index (χ3v) is 4.52. The first-order valence-corrected chi connectivity index (χ1v) is 8.31. The van der Waals surface area contributed by atoms with Gasteiger partial charge in [-0.2, -0.15) is 13.2 Å². The first-order chi connectivity index (χ1) is 13.3. The van der Waals surface area contributed by atoms with Gasteiger partial charge >= 0.3 is 12.1 Å². The Balaban J connectivity index is 1.93. The molecular formula is C20H16F3N3O2. The lowest BCUT2D eigenvalue weighted by molar-refractivity contribution is -0.179. The highest BCUT2D eigenvalue weighted by Gasteiger charge is 2.58. The molecule has 0 radical (unpaired) electrons. The molecule has 144 valence electrons. The van der Waals surface area contributed by atoms with Crippen molar-refractivity contribution >= 4 is 22.7 Å². The molecule has 0 aliphatic heterocycles. The average Bonchev–Trinajstić information content (AvgIpc) is 2.67. The number of esters is 1. The van der Waals surface area contributed by atoms with Crippen molar-refractivity contribution in [3.05, 3.63) is 72.1 Å². The highest BCUT2D eigenvalue weighted by Crippen LogP contribution is 2.42. The molecule has 8 heteroatoms. The molecule has 3 aromatic rings. The summed E-state index contributed by atoms with van der Waals surface area (Å²) >= 11 is 0. The zero-order valence-corrected chi connectivity index (χ0v) is 14.8. The van der Waals surface area contributed by atoms with Gasteiger partial charge in [0.25, 0.3) is 0 Å². The molecule has 0 aliphatic carbocycles. The number of ether oxygens (including phenoxy) is 1.